The molecule has 1 saturated carbocycles. The number of carboxylic acids is 1. The highest BCUT2D eigenvalue weighted by Crippen LogP contribution is 2.50. The minimum absolute atomic E-state index is 0.153. The first-order chi connectivity index (χ1) is 12.0. The molecule has 1 fully saturated rings. The monoisotopic (exact) mass is 341 g/mol. The summed E-state index contributed by atoms with van der Waals surface area (Å²) in [5, 5.41) is 9.32. The number of fused-ring (bicyclic) bond motifs is 4. The molecule has 25 heavy (non-hydrogen) atoms. The topological polar surface area (TPSA) is 77.8 Å². The van der Waals surface area contributed by atoms with Crippen LogP contribution in [0.15, 0.2) is 29.2 Å². The molecule has 0 saturated heterocycles. The fourth-order valence-corrected chi connectivity index (χ4v) is 4.04. The van der Waals surface area contributed by atoms with E-state index in [0.717, 1.165) is 42.5 Å². The second-order valence-corrected chi connectivity index (χ2v) is 6.73. The molecule has 6 heteroatoms. The van der Waals surface area contributed by atoms with Crippen molar-refractivity contribution in [2.24, 2.45) is 0 Å². The predicted molar refractivity (Wildman–Crippen MR) is 91.7 cm³/mol. The summed E-state index contributed by atoms with van der Waals surface area (Å²) in [5.41, 5.74) is 1.93. The maximum absolute atomic E-state index is 12.3. The van der Waals surface area contributed by atoms with Gasteiger partial charge in [-0.05, 0) is 43.4 Å². The number of hydrogen-bond donors (Lipinski definition) is 1. The maximum atomic E-state index is 12.3. The van der Waals surface area contributed by atoms with E-state index in [2.05, 4.69) is 0 Å². The fraction of sp³-hybridized carbons (Fsp3) is 0.368. The van der Waals surface area contributed by atoms with Gasteiger partial charge in [-0.3, -0.25) is 4.79 Å². The summed E-state index contributed by atoms with van der Waals surface area (Å²) >= 11 is 0. The number of aromatic carboxylic acids is 1. The number of carboxylic acid groups (broad SMARTS) is 1. The number of ether oxygens (including phenoxy) is 2. The molecule has 0 radical (unpaired) electrons. The summed E-state index contributed by atoms with van der Waals surface area (Å²) in [6, 6.07) is 5.27. The maximum Gasteiger partial charge on any atom is 0.341 e. The van der Waals surface area contributed by atoms with Gasteiger partial charge in [-0.25, -0.2) is 4.79 Å². The van der Waals surface area contributed by atoms with Crippen LogP contribution in [0.3, 0.4) is 0 Å². The second-order valence-electron chi connectivity index (χ2n) is 6.73. The van der Waals surface area contributed by atoms with E-state index in [1.165, 1.54) is 12.3 Å². The Morgan fingerprint density at radius 2 is 1.84 bits per heavy atom. The molecule has 1 aromatic carbocycles. The van der Waals surface area contributed by atoms with Gasteiger partial charge < -0.3 is 19.1 Å². The van der Waals surface area contributed by atoms with Crippen molar-refractivity contribution in [1.29, 1.82) is 0 Å². The molecule has 4 rings (SSSR count). The molecular formula is C19H19NO5. The first-order valence-electron chi connectivity index (χ1n) is 8.25. The summed E-state index contributed by atoms with van der Waals surface area (Å²) in [7, 11) is 3.17. The van der Waals surface area contributed by atoms with Crippen LogP contribution in [-0.2, 0) is 12.0 Å². The minimum Gasteiger partial charge on any atom is -0.493 e. The predicted octanol–water partition coefficient (Wildman–Crippen LogP) is 2.67. The Morgan fingerprint density at radius 1 is 1.16 bits per heavy atom. The van der Waals surface area contributed by atoms with Gasteiger partial charge in [0, 0.05) is 23.4 Å². The Bertz CT molecular complexity index is 940. The molecule has 1 spiro atoms. The standard InChI is InChI=1S/C19H19NO5/c1-24-16-6-11-9-19(4-3-5-19)20-10-13(18(22)23)15(21)8-14(20)12(11)7-17(16)25-2/h6-8,10H,3-5,9H2,1-2H3,(H,22,23). The van der Waals surface area contributed by atoms with Crippen LogP contribution >= 0.6 is 0 Å². The van der Waals surface area contributed by atoms with Crippen molar-refractivity contribution in [3.8, 4) is 22.8 Å². The quantitative estimate of drug-likeness (QED) is 0.929. The van der Waals surface area contributed by atoms with Crippen molar-refractivity contribution in [1.82, 2.24) is 4.57 Å². The van der Waals surface area contributed by atoms with Gasteiger partial charge in [-0.2, -0.15) is 0 Å². The Morgan fingerprint density at radius 3 is 2.40 bits per heavy atom. The van der Waals surface area contributed by atoms with Gasteiger partial charge in [0.1, 0.15) is 5.56 Å². The largest absolute Gasteiger partial charge is 0.493 e. The minimum atomic E-state index is -1.19. The SMILES string of the molecule is COc1cc2c(cc1OC)-c1cc(=O)c(C(=O)O)cn1C1(CCC1)C2. The average Bonchev–Trinajstić information content (AvgIpc) is 2.57. The van der Waals surface area contributed by atoms with Crippen molar-refractivity contribution in [3.63, 3.8) is 0 Å². The third kappa shape index (κ3) is 2.17. The number of pyridine rings is 1. The Balaban J connectivity index is 2.01. The van der Waals surface area contributed by atoms with E-state index in [1.54, 1.807) is 14.2 Å². The third-order valence-electron chi connectivity index (χ3n) is 5.48. The van der Waals surface area contributed by atoms with Crippen LogP contribution < -0.4 is 14.9 Å². The first-order valence-corrected chi connectivity index (χ1v) is 8.25. The van der Waals surface area contributed by atoms with Crippen LogP contribution in [0, 0.1) is 0 Å². The highest BCUT2D eigenvalue weighted by Gasteiger charge is 2.43. The molecule has 0 unspecified atom stereocenters. The fourth-order valence-electron chi connectivity index (χ4n) is 4.04. The van der Waals surface area contributed by atoms with Crippen LogP contribution in [-0.4, -0.2) is 29.9 Å². The molecule has 0 amide bonds. The number of benzene rings is 1. The van der Waals surface area contributed by atoms with Gasteiger partial charge >= 0.3 is 5.97 Å². The number of aromatic nitrogens is 1. The Labute approximate surface area is 144 Å². The van der Waals surface area contributed by atoms with Crippen LogP contribution in [0.5, 0.6) is 11.5 Å². The average molecular weight is 341 g/mol. The van der Waals surface area contributed by atoms with Crippen LogP contribution in [0.4, 0.5) is 0 Å². The van der Waals surface area contributed by atoms with E-state index in [-0.39, 0.29) is 11.1 Å². The zero-order valence-corrected chi connectivity index (χ0v) is 14.2. The van der Waals surface area contributed by atoms with E-state index in [4.69, 9.17) is 9.47 Å². The summed E-state index contributed by atoms with van der Waals surface area (Å²) in [4.78, 5) is 23.7. The second kappa shape index (κ2) is 5.37. The lowest BCUT2D eigenvalue weighted by Crippen LogP contribution is -2.46. The Hall–Kier alpha value is -2.76. The molecule has 6 nitrogen and oxygen atoms in total. The lowest BCUT2D eigenvalue weighted by Gasteiger charge is -2.48. The third-order valence-corrected chi connectivity index (χ3v) is 5.48. The normalized spacial score (nSPS) is 16.6. The molecule has 1 aliphatic carbocycles. The van der Waals surface area contributed by atoms with Crippen molar-refractivity contribution in [2.45, 2.75) is 31.2 Å². The van der Waals surface area contributed by atoms with E-state index < -0.39 is 11.4 Å². The molecule has 2 aromatic rings. The summed E-state index contributed by atoms with van der Waals surface area (Å²) < 4.78 is 12.8. The van der Waals surface area contributed by atoms with E-state index in [9.17, 15) is 14.7 Å². The molecule has 2 aliphatic rings. The van der Waals surface area contributed by atoms with Crippen molar-refractivity contribution >= 4 is 5.97 Å². The summed E-state index contributed by atoms with van der Waals surface area (Å²) in [6.07, 6.45) is 5.33. The van der Waals surface area contributed by atoms with Gasteiger partial charge in [0.15, 0.2) is 16.9 Å². The van der Waals surface area contributed by atoms with Crippen LogP contribution in [0.25, 0.3) is 11.3 Å². The van der Waals surface area contributed by atoms with Crippen molar-refractivity contribution < 1.29 is 19.4 Å². The van der Waals surface area contributed by atoms with Gasteiger partial charge in [0.2, 0.25) is 0 Å². The van der Waals surface area contributed by atoms with Crippen LogP contribution in [0.1, 0.15) is 35.2 Å². The van der Waals surface area contributed by atoms with Gasteiger partial charge in [-0.15, -0.1) is 0 Å². The molecule has 0 atom stereocenters. The number of rotatable bonds is 3. The number of methoxy groups -OCH3 is 2. The summed E-state index contributed by atoms with van der Waals surface area (Å²) in [5.74, 6) is 0.0636. The number of hydrogen-bond acceptors (Lipinski definition) is 4. The molecule has 1 aromatic heterocycles. The molecule has 130 valence electrons. The molecule has 1 N–H and O–H groups in total. The smallest absolute Gasteiger partial charge is 0.341 e. The van der Waals surface area contributed by atoms with Gasteiger partial charge in [0.25, 0.3) is 0 Å². The highest BCUT2D eigenvalue weighted by molar-refractivity contribution is 5.88. The molecule has 0 bridgehead atoms. The van der Waals surface area contributed by atoms with Crippen molar-refractivity contribution in [2.75, 3.05) is 14.2 Å². The van der Waals surface area contributed by atoms with E-state index in [1.807, 2.05) is 16.7 Å². The molecule has 1 aliphatic heterocycles. The zero-order chi connectivity index (χ0) is 17.8. The van der Waals surface area contributed by atoms with Crippen LogP contribution in [0.2, 0.25) is 0 Å². The highest BCUT2D eigenvalue weighted by atomic mass is 16.5. The lowest BCUT2D eigenvalue weighted by atomic mass is 9.69. The lowest BCUT2D eigenvalue weighted by molar-refractivity contribution is 0.0691. The molecular weight excluding hydrogens is 322 g/mol. The van der Waals surface area contributed by atoms with E-state index in [0.29, 0.717) is 11.5 Å². The van der Waals surface area contributed by atoms with E-state index >= 15 is 0 Å². The summed E-state index contributed by atoms with van der Waals surface area (Å²) in [6.45, 7) is 0. The number of carbonyl (C=O) groups is 1. The number of nitrogens with zero attached hydrogens (tertiary/aromatic N) is 1. The zero-order valence-electron chi connectivity index (χ0n) is 14.2. The Kier molecular flexibility index (Phi) is 3.39. The first kappa shape index (κ1) is 15.7. The van der Waals surface area contributed by atoms with Gasteiger partial charge in [0.05, 0.1) is 19.9 Å². The molecule has 2 heterocycles. The van der Waals surface area contributed by atoms with Gasteiger partial charge in [-0.1, -0.05) is 0 Å². The van der Waals surface area contributed by atoms with Crippen molar-refractivity contribution in [3.05, 3.63) is 45.7 Å².